The smallest absolute Gasteiger partial charge is 0.0703 e. The van der Waals surface area contributed by atoms with Gasteiger partial charge in [-0.25, -0.2) is 0 Å². The van der Waals surface area contributed by atoms with Gasteiger partial charge in [0.1, 0.15) is 0 Å². The second kappa shape index (κ2) is 6.55. The summed E-state index contributed by atoms with van der Waals surface area (Å²) < 4.78 is 2.10. The minimum Gasteiger partial charge on any atom is -0.317 e. The molecule has 3 heteroatoms. The van der Waals surface area contributed by atoms with Gasteiger partial charge in [-0.3, -0.25) is 4.68 Å². The zero-order valence-corrected chi connectivity index (χ0v) is 11.4. The van der Waals surface area contributed by atoms with Gasteiger partial charge < -0.3 is 5.32 Å². The van der Waals surface area contributed by atoms with Crippen molar-refractivity contribution in [1.29, 1.82) is 0 Å². The predicted octanol–water partition coefficient (Wildman–Crippen LogP) is 2.99. The molecule has 1 N–H and O–H groups in total. The van der Waals surface area contributed by atoms with Crippen LogP contribution < -0.4 is 5.32 Å². The molecule has 1 aromatic heterocycles. The van der Waals surface area contributed by atoms with Crippen molar-refractivity contribution in [3.8, 4) is 0 Å². The summed E-state index contributed by atoms with van der Waals surface area (Å²) in [6.07, 6.45) is 3.42. The minimum absolute atomic E-state index is 0.939. The maximum Gasteiger partial charge on any atom is 0.0703 e. The van der Waals surface area contributed by atoms with E-state index < -0.39 is 0 Å². The lowest BCUT2D eigenvalue weighted by molar-refractivity contribution is 0.622. The van der Waals surface area contributed by atoms with Gasteiger partial charge in [-0.2, -0.15) is 5.10 Å². The molecule has 0 aliphatic carbocycles. The highest BCUT2D eigenvalue weighted by Crippen LogP contribution is 2.19. The molecule has 0 spiro atoms. The van der Waals surface area contributed by atoms with Crippen molar-refractivity contribution < 1.29 is 0 Å². The molecule has 0 bridgehead atoms. The van der Waals surface area contributed by atoms with Gasteiger partial charge in [0.15, 0.2) is 0 Å². The Labute approximate surface area is 109 Å². The van der Waals surface area contributed by atoms with Crippen LogP contribution in [0.25, 0.3) is 10.9 Å². The summed E-state index contributed by atoms with van der Waals surface area (Å²) in [7, 11) is 0. The van der Waals surface area contributed by atoms with E-state index in [0.29, 0.717) is 0 Å². The number of rotatable bonds is 7. The van der Waals surface area contributed by atoms with E-state index in [1.165, 1.54) is 23.0 Å². The van der Waals surface area contributed by atoms with E-state index in [2.05, 4.69) is 48.1 Å². The number of fused-ring (bicyclic) bond motifs is 1. The Hall–Kier alpha value is -1.35. The van der Waals surface area contributed by atoms with Crippen molar-refractivity contribution in [1.82, 2.24) is 15.1 Å². The van der Waals surface area contributed by atoms with E-state index in [-0.39, 0.29) is 0 Å². The number of nitrogens with one attached hydrogen (secondary N) is 1. The fourth-order valence-electron chi connectivity index (χ4n) is 2.30. The van der Waals surface area contributed by atoms with Crippen LogP contribution in [0.2, 0.25) is 0 Å². The van der Waals surface area contributed by atoms with Gasteiger partial charge in [0.25, 0.3) is 0 Å². The first-order valence-corrected chi connectivity index (χ1v) is 7.02. The summed E-state index contributed by atoms with van der Waals surface area (Å²) in [5.74, 6) is 0. The highest BCUT2D eigenvalue weighted by atomic mass is 15.3. The Morgan fingerprint density at radius 1 is 1.17 bits per heavy atom. The molecule has 1 aromatic carbocycles. The summed E-state index contributed by atoms with van der Waals surface area (Å²) in [6, 6.07) is 8.53. The van der Waals surface area contributed by atoms with Crippen molar-refractivity contribution >= 4 is 10.9 Å². The molecule has 0 amide bonds. The SMILES string of the molecule is CCCNCCCc1nn(CC)c2ccccc12. The van der Waals surface area contributed by atoms with E-state index in [4.69, 9.17) is 5.10 Å². The quantitative estimate of drug-likeness (QED) is 0.760. The van der Waals surface area contributed by atoms with E-state index in [0.717, 1.165) is 32.5 Å². The van der Waals surface area contributed by atoms with Crippen LogP contribution in [-0.4, -0.2) is 22.9 Å². The van der Waals surface area contributed by atoms with Crippen molar-refractivity contribution in [2.45, 2.75) is 39.7 Å². The first-order valence-electron chi connectivity index (χ1n) is 7.02. The maximum atomic E-state index is 4.71. The normalized spacial score (nSPS) is 11.2. The molecule has 2 rings (SSSR count). The molecule has 0 unspecified atom stereocenters. The Morgan fingerprint density at radius 2 is 2.00 bits per heavy atom. The Morgan fingerprint density at radius 3 is 2.78 bits per heavy atom. The third kappa shape index (κ3) is 2.91. The number of nitrogens with zero attached hydrogens (tertiary/aromatic N) is 2. The van der Waals surface area contributed by atoms with Crippen LogP contribution in [0.5, 0.6) is 0 Å². The van der Waals surface area contributed by atoms with E-state index in [1.54, 1.807) is 0 Å². The number of aromatic nitrogens is 2. The molecule has 0 fully saturated rings. The van der Waals surface area contributed by atoms with Crippen LogP contribution in [0.1, 0.15) is 32.4 Å². The van der Waals surface area contributed by atoms with Crippen LogP contribution in [0, 0.1) is 0 Å². The largest absolute Gasteiger partial charge is 0.317 e. The lowest BCUT2D eigenvalue weighted by Gasteiger charge is -2.01. The fraction of sp³-hybridized carbons (Fsp3) is 0.533. The molecular formula is C15H23N3. The van der Waals surface area contributed by atoms with Gasteiger partial charge in [-0.15, -0.1) is 0 Å². The van der Waals surface area contributed by atoms with Gasteiger partial charge in [0, 0.05) is 11.9 Å². The van der Waals surface area contributed by atoms with Crippen LogP contribution in [0.15, 0.2) is 24.3 Å². The molecule has 0 saturated heterocycles. The first-order chi connectivity index (χ1) is 8.86. The molecule has 98 valence electrons. The van der Waals surface area contributed by atoms with Crippen LogP contribution >= 0.6 is 0 Å². The molecule has 0 radical (unpaired) electrons. The third-order valence-electron chi connectivity index (χ3n) is 3.23. The Bertz CT molecular complexity index is 487. The lowest BCUT2D eigenvalue weighted by atomic mass is 10.1. The molecule has 1 heterocycles. The second-order valence-corrected chi connectivity index (χ2v) is 4.63. The molecule has 18 heavy (non-hydrogen) atoms. The van der Waals surface area contributed by atoms with Gasteiger partial charge >= 0.3 is 0 Å². The number of para-hydroxylation sites is 1. The van der Waals surface area contributed by atoms with Crippen LogP contribution in [0.4, 0.5) is 0 Å². The summed E-state index contributed by atoms with van der Waals surface area (Å²) in [6.45, 7) is 7.48. The standard InChI is InChI=1S/C15H23N3/c1-3-11-16-12-7-9-14-13-8-5-6-10-15(13)18(4-2)17-14/h5-6,8,10,16H,3-4,7,9,11-12H2,1-2H3. The topological polar surface area (TPSA) is 29.9 Å². The Kier molecular flexibility index (Phi) is 4.76. The fourth-order valence-corrected chi connectivity index (χ4v) is 2.30. The van der Waals surface area contributed by atoms with Crippen LogP contribution in [0.3, 0.4) is 0 Å². The van der Waals surface area contributed by atoms with E-state index >= 15 is 0 Å². The highest BCUT2D eigenvalue weighted by molar-refractivity contribution is 5.81. The lowest BCUT2D eigenvalue weighted by Crippen LogP contribution is -2.16. The Balaban J connectivity index is 2.04. The summed E-state index contributed by atoms with van der Waals surface area (Å²) in [5.41, 5.74) is 2.50. The number of benzene rings is 1. The molecule has 0 aliphatic rings. The van der Waals surface area contributed by atoms with Crippen molar-refractivity contribution in [3.63, 3.8) is 0 Å². The van der Waals surface area contributed by atoms with Gasteiger partial charge in [-0.05, 0) is 45.3 Å². The highest BCUT2D eigenvalue weighted by Gasteiger charge is 2.08. The van der Waals surface area contributed by atoms with Crippen molar-refractivity contribution in [2.24, 2.45) is 0 Å². The predicted molar refractivity (Wildman–Crippen MR) is 76.9 cm³/mol. The number of hydrogen-bond acceptors (Lipinski definition) is 2. The van der Waals surface area contributed by atoms with E-state index in [1.807, 2.05) is 0 Å². The second-order valence-electron chi connectivity index (χ2n) is 4.63. The van der Waals surface area contributed by atoms with Gasteiger partial charge in [0.2, 0.25) is 0 Å². The summed E-state index contributed by atoms with van der Waals surface area (Å²) in [5, 5.41) is 9.47. The molecule has 3 nitrogen and oxygen atoms in total. The van der Waals surface area contributed by atoms with Gasteiger partial charge in [-0.1, -0.05) is 25.1 Å². The zero-order valence-electron chi connectivity index (χ0n) is 11.4. The number of hydrogen-bond donors (Lipinski definition) is 1. The van der Waals surface area contributed by atoms with Crippen molar-refractivity contribution in [2.75, 3.05) is 13.1 Å². The molecule has 0 saturated carbocycles. The number of aryl methyl sites for hydroxylation is 2. The third-order valence-corrected chi connectivity index (χ3v) is 3.23. The molecule has 0 aliphatic heterocycles. The molecule has 0 atom stereocenters. The first kappa shape index (κ1) is 13.1. The molecular weight excluding hydrogens is 222 g/mol. The maximum absolute atomic E-state index is 4.71. The van der Waals surface area contributed by atoms with Gasteiger partial charge in [0.05, 0.1) is 11.2 Å². The average molecular weight is 245 g/mol. The summed E-state index contributed by atoms with van der Waals surface area (Å²) >= 11 is 0. The van der Waals surface area contributed by atoms with Crippen molar-refractivity contribution in [3.05, 3.63) is 30.0 Å². The van der Waals surface area contributed by atoms with Crippen LogP contribution in [-0.2, 0) is 13.0 Å². The summed E-state index contributed by atoms with van der Waals surface area (Å²) in [4.78, 5) is 0. The van der Waals surface area contributed by atoms with E-state index in [9.17, 15) is 0 Å². The zero-order chi connectivity index (χ0) is 12.8. The molecule has 2 aromatic rings. The minimum atomic E-state index is 0.939. The average Bonchev–Trinajstić information content (AvgIpc) is 2.77. The monoisotopic (exact) mass is 245 g/mol.